The molecule has 2 aromatic carbocycles. The first-order chi connectivity index (χ1) is 12.4. The molecule has 2 aromatic rings. The molecular weight excluding hydrogens is 324 g/mol. The Labute approximate surface area is 155 Å². The molecule has 1 amide bonds. The van der Waals surface area contributed by atoms with Gasteiger partial charge in [0.15, 0.2) is 0 Å². The molecule has 2 N–H and O–H groups in total. The van der Waals surface area contributed by atoms with Crippen LogP contribution in [0.2, 0.25) is 0 Å². The van der Waals surface area contributed by atoms with E-state index in [-0.39, 0.29) is 11.5 Å². The van der Waals surface area contributed by atoms with Crippen LogP contribution in [-0.2, 0) is 6.42 Å². The second kappa shape index (κ2) is 7.02. The van der Waals surface area contributed by atoms with Gasteiger partial charge in [-0.15, -0.1) is 0 Å². The van der Waals surface area contributed by atoms with Crippen LogP contribution >= 0.6 is 0 Å². The topological polar surface area (TPSA) is 52.6 Å². The third kappa shape index (κ3) is 3.16. The van der Waals surface area contributed by atoms with Crippen molar-refractivity contribution in [3.63, 3.8) is 0 Å². The number of hydrogen-bond acceptors (Lipinski definition) is 2. The number of nitrogens with zero attached hydrogens (tertiary/aromatic N) is 1. The molecule has 1 atom stereocenters. The Hall–Kier alpha value is -2.49. The van der Waals surface area contributed by atoms with Crippen LogP contribution in [0.1, 0.15) is 43.9 Å². The number of fused-ring (bicyclic) bond motifs is 1. The highest BCUT2D eigenvalue weighted by atomic mass is 16.4. The minimum Gasteiger partial charge on any atom is -0.465 e. The van der Waals surface area contributed by atoms with E-state index in [1.807, 2.05) is 14.1 Å². The van der Waals surface area contributed by atoms with Crippen LogP contribution in [0.15, 0.2) is 42.5 Å². The lowest BCUT2D eigenvalue weighted by molar-refractivity contribution is 0.157. The van der Waals surface area contributed by atoms with E-state index in [1.165, 1.54) is 22.4 Å². The molecule has 0 saturated heterocycles. The van der Waals surface area contributed by atoms with Gasteiger partial charge in [-0.05, 0) is 59.1 Å². The van der Waals surface area contributed by atoms with Crippen molar-refractivity contribution in [2.75, 3.05) is 19.0 Å². The number of anilines is 1. The van der Waals surface area contributed by atoms with Gasteiger partial charge in [-0.3, -0.25) is 0 Å². The molecule has 0 radical (unpaired) electrons. The SMILES string of the molecule is CCC1(CC)Cc2cc(-c3cccc(N(C)C)c3)ccc2C1NC(=O)O. The van der Waals surface area contributed by atoms with Crippen molar-refractivity contribution in [1.82, 2.24) is 5.32 Å². The summed E-state index contributed by atoms with van der Waals surface area (Å²) in [5.41, 5.74) is 5.90. The molecule has 0 heterocycles. The lowest BCUT2D eigenvalue weighted by Gasteiger charge is -2.33. The number of carbonyl (C=O) groups is 1. The summed E-state index contributed by atoms with van der Waals surface area (Å²) in [7, 11) is 4.08. The van der Waals surface area contributed by atoms with Crippen LogP contribution in [-0.4, -0.2) is 25.3 Å². The Morgan fingerprint density at radius 3 is 2.46 bits per heavy atom. The van der Waals surface area contributed by atoms with Gasteiger partial charge in [0.25, 0.3) is 0 Å². The second-order valence-electron chi connectivity index (χ2n) is 7.49. The zero-order valence-corrected chi connectivity index (χ0v) is 16.0. The van der Waals surface area contributed by atoms with Crippen LogP contribution in [0.4, 0.5) is 10.5 Å². The molecule has 138 valence electrons. The fourth-order valence-electron chi connectivity index (χ4n) is 4.26. The first-order valence-electron chi connectivity index (χ1n) is 9.30. The molecule has 0 aliphatic heterocycles. The monoisotopic (exact) mass is 352 g/mol. The maximum atomic E-state index is 11.4. The van der Waals surface area contributed by atoms with Crippen molar-refractivity contribution in [3.05, 3.63) is 53.6 Å². The molecular formula is C22H28N2O2. The van der Waals surface area contributed by atoms with Crippen LogP contribution in [0.3, 0.4) is 0 Å². The molecule has 0 spiro atoms. The van der Waals surface area contributed by atoms with Gasteiger partial charge >= 0.3 is 6.09 Å². The lowest BCUT2D eigenvalue weighted by Crippen LogP contribution is -2.37. The molecule has 1 unspecified atom stereocenters. The van der Waals surface area contributed by atoms with E-state index in [9.17, 15) is 9.90 Å². The minimum atomic E-state index is -0.947. The van der Waals surface area contributed by atoms with Gasteiger partial charge in [0, 0.05) is 19.8 Å². The maximum absolute atomic E-state index is 11.4. The molecule has 4 heteroatoms. The van der Waals surface area contributed by atoms with Gasteiger partial charge in [0.2, 0.25) is 0 Å². The Bertz CT molecular complexity index is 810. The fraction of sp³-hybridized carbons (Fsp3) is 0.409. The average Bonchev–Trinajstić information content (AvgIpc) is 2.94. The summed E-state index contributed by atoms with van der Waals surface area (Å²) >= 11 is 0. The largest absolute Gasteiger partial charge is 0.465 e. The van der Waals surface area contributed by atoms with E-state index in [0.29, 0.717) is 0 Å². The first-order valence-corrected chi connectivity index (χ1v) is 9.30. The molecule has 0 bridgehead atoms. The Morgan fingerprint density at radius 1 is 1.15 bits per heavy atom. The molecule has 4 nitrogen and oxygen atoms in total. The van der Waals surface area contributed by atoms with Crippen molar-refractivity contribution >= 4 is 11.8 Å². The predicted molar refractivity (Wildman–Crippen MR) is 107 cm³/mol. The van der Waals surface area contributed by atoms with E-state index in [1.54, 1.807) is 0 Å². The zero-order chi connectivity index (χ0) is 18.9. The van der Waals surface area contributed by atoms with Crippen LogP contribution in [0, 0.1) is 5.41 Å². The predicted octanol–water partition coefficient (Wildman–Crippen LogP) is 5.09. The second-order valence-corrected chi connectivity index (χ2v) is 7.49. The molecule has 26 heavy (non-hydrogen) atoms. The maximum Gasteiger partial charge on any atom is 0.405 e. The minimum absolute atomic E-state index is 0.0369. The van der Waals surface area contributed by atoms with Crippen molar-refractivity contribution in [2.45, 2.75) is 39.2 Å². The number of carboxylic acid groups (broad SMARTS) is 1. The molecule has 0 fully saturated rings. The number of nitrogens with one attached hydrogen (secondary N) is 1. The van der Waals surface area contributed by atoms with Gasteiger partial charge in [0.1, 0.15) is 0 Å². The van der Waals surface area contributed by atoms with E-state index in [0.717, 1.165) is 24.8 Å². The van der Waals surface area contributed by atoms with Crippen molar-refractivity contribution in [1.29, 1.82) is 0 Å². The number of rotatable bonds is 5. The van der Waals surface area contributed by atoms with Gasteiger partial charge in [-0.25, -0.2) is 4.79 Å². The van der Waals surface area contributed by atoms with Crippen LogP contribution in [0.25, 0.3) is 11.1 Å². The van der Waals surface area contributed by atoms with Gasteiger partial charge in [-0.2, -0.15) is 0 Å². The third-order valence-corrected chi connectivity index (χ3v) is 5.98. The molecule has 3 rings (SSSR count). The highest BCUT2D eigenvalue weighted by Gasteiger charge is 2.44. The summed E-state index contributed by atoms with van der Waals surface area (Å²) in [5.74, 6) is 0. The van der Waals surface area contributed by atoms with E-state index < -0.39 is 6.09 Å². The van der Waals surface area contributed by atoms with Crippen LogP contribution in [0.5, 0.6) is 0 Å². The van der Waals surface area contributed by atoms with Crippen molar-refractivity contribution < 1.29 is 9.90 Å². The molecule has 0 aromatic heterocycles. The standard InChI is InChI=1S/C22H28N2O2/c1-5-22(6-2)14-17-12-16(10-11-19(17)20(22)23-21(25)26)15-8-7-9-18(13-15)24(3)4/h7-13,20,23H,5-6,14H2,1-4H3,(H,25,26). The average molecular weight is 352 g/mol. The quantitative estimate of drug-likeness (QED) is 0.788. The summed E-state index contributed by atoms with van der Waals surface area (Å²) in [5, 5.41) is 12.1. The highest BCUT2D eigenvalue weighted by molar-refractivity contribution is 5.71. The third-order valence-electron chi connectivity index (χ3n) is 5.98. The Balaban J connectivity index is 2.02. The summed E-state index contributed by atoms with van der Waals surface area (Å²) in [6, 6.07) is 14.8. The fourth-order valence-corrected chi connectivity index (χ4v) is 4.26. The summed E-state index contributed by atoms with van der Waals surface area (Å²) in [6.07, 6.45) is 1.88. The smallest absolute Gasteiger partial charge is 0.405 e. The lowest BCUT2D eigenvalue weighted by atomic mass is 9.76. The molecule has 0 saturated carbocycles. The van der Waals surface area contributed by atoms with E-state index >= 15 is 0 Å². The summed E-state index contributed by atoms with van der Waals surface area (Å²) in [4.78, 5) is 13.5. The Kier molecular flexibility index (Phi) is 4.94. The van der Waals surface area contributed by atoms with Crippen LogP contribution < -0.4 is 10.2 Å². The van der Waals surface area contributed by atoms with Gasteiger partial charge in [0.05, 0.1) is 6.04 Å². The normalized spacial score (nSPS) is 17.6. The molecule has 1 aliphatic carbocycles. The van der Waals surface area contributed by atoms with Crippen molar-refractivity contribution in [3.8, 4) is 11.1 Å². The first kappa shape index (κ1) is 18.3. The van der Waals surface area contributed by atoms with E-state index in [2.05, 4.69) is 66.5 Å². The Morgan fingerprint density at radius 2 is 1.85 bits per heavy atom. The summed E-state index contributed by atoms with van der Waals surface area (Å²) < 4.78 is 0. The van der Waals surface area contributed by atoms with E-state index in [4.69, 9.17) is 0 Å². The zero-order valence-electron chi connectivity index (χ0n) is 16.0. The van der Waals surface area contributed by atoms with Crippen molar-refractivity contribution in [2.24, 2.45) is 5.41 Å². The number of hydrogen-bond donors (Lipinski definition) is 2. The number of benzene rings is 2. The highest BCUT2D eigenvalue weighted by Crippen LogP contribution is 2.50. The molecule has 1 aliphatic rings. The van der Waals surface area contributed by atoms with Gasteiger partial charge in [-0.1, -0.05) is 44.2 Å². The van der Waals surface area contributed by atoms with Gasteiger partial charge < -0.3 is 15.3 Å². The number of amides is 1. The summed E-state index contributed by atoms with van der Waals surface area (Å²) in [6.45, 7) is 4.32.